The van der Waals surface area contributed by atoms with Crippen molar-refractivity contribution in [2.75, 3.05) is 19.6 Å². The van der Waals surface area contributed by atoms with Crippen LogP contribution in [0.1, 0.15) is 38.5 Å². The van der Waals surface area contributed by atoms with Crippen LogP contribution in [0.15, 0.2) is 0 Å². The van der Waals surface area contributed by atoms with Crippen LogP contribution >= 0.6 is 0 Å². The quantitative estimate of drug-likeness (QED) is 0.695. The number of hydrogen-bond donors (Lipinski definition) is 1. The molecule has 3 aliphatic rings. The van der Waals surface area contributed by atoms with Gasteiger partial charge in [0.25, 0.3) is 0 Å². The molecule has 3 rings (SSSR count). The Hall–Kier alpha value is -0.0800. The maximum absolute atomic E-state index is 5.85. The molecule has 0 aromatic carbocycles. The van der Waals surface area contributed by atoms with Crippen molar-refractivity contribution in [3.8, 4) is 0 Å². The van der Waals surface area contributed by atoms with Crippen LogP contribution in [-0.4, -0.2) is 30.1 Å². The van der Waals surface area contributed by atoms with Gasteiger partial charge in [0.15, 0.2) is 0 Å². The van der Waals surface area contributed by atoms with E-state index in [0.717, 1.165) is 12.0 Å². The van der Waals surface area contributed by atoms with Gasteiger partial charge in [-0.1, -0.05) is 6.42 Å². The van der Waals surface area contributed by atoms with Crippen LogP contribution in [0.25, 0.3) is 0 Å². The number of nitrogens with two attached hydrogens (primary N) is 1. The van der Waals surface area contributed by atoms with Gasteiger partial charge in [0.05, 0.1) is 0 Å². The molecule has 0 unspecified atom stereocenters. The summed E-state index contributed by atoms with van der Waals surface area (Å²) in [6.07, 6.45) is 8.63. The zero-order chi connectivity index (χ0) is 8.94. The molecule has 2 N–H and O–H groups in total. The minimum absolute atomic E-state index is 0.471. The molecule has 2 heteroatoms. The van der Waals surface area contributed by atoms with E-state index >= 15 is 0 Å². The fraction of sp³-hybridized carbons (Fsp3) is 1.00. The van der Waals surface area contributed by atoms with Gasteiger partial charge in [-0.05, 0) is 44.1 Å². The lowest BCUT2D eigenvalue weighted by Gasteiger charge is -2.39. The molecule has 2 nitrogen and oxygen atoms in total. The SMILES string of the molecule is NCC1(N2CCC3(CCC3)C2)CC1. The highest BCUT2D eigenvalue weighted by Gasteiger charge is 2.53. The average Bonchev–Trinajstić information content (AvgIpc) is 2.75. The second-order valence-electron chi connectivity index (χ2n) is 5.45. The van der Waals surface area contributed by atoms with Crippen molar-refractivity contribution < 1.29 is 0 Å². The lowest BCUT2D eigenvalue weighted by molar-refractivity contribution is 0.119. The molecule has 3 fully saturated rings. The number of rotatable bonds is 2. The molecule has 0 bridgehead atoms. The van der Waals surface area contributed by atoms with E-state index < -0.39 is 0 Å². The van der Waals surface area contributed by atoms with Crippen molar-refractivity contribution in [3.05, 3.63) is 0 Å². The molecular weight excluding hydrogens is 160 g/mol. The number of likely N-dealkylation sites (tertiary alicyclic amines) is 1. The molecule has 2 aliphatic carbocycles. The Labute approximate surface area is 80.5 Å². The van der Waals surface area contributed by atoms with Gasteiger partial charge in [0.1, 0.15) is 0 Å². The standard InChI is InChI=1S/C11H20N2/c12-8-11(4-5-11)13-7-6-10(9-13)2-1-3-10/h1-9,12H2. The molecule has 74 valence electrons. The Morgan fingerprint density at radius 1 is 1.08 bits per heavy atom. The monoisotopic (exact) mass is 180 g/mol. The highest BCUT2D eigenvalue weighted by Crippen LogP contribution is 2.53. The van der Waals surface area contributed by atoms with Crippen molar-refractivity contribution in [3.63, 3.8) is 0 Å². The van der Waals surface area contributed by atoms with Gasteiger partial charge in [-0.3, -0.25) is 4.90 Å². The van der Waals surface area contributed by atoms with Crippen LogP contribution in [0.2, 0.25) is 0 Å². The molecular formula is C11H20N2. The smallest absolute Gasteiger partial charge is 0.0333 e. The van der Waals surface area contributed by atoms with Crippen LogP contribution < -0.4 is 5.73 Å². The van der Waals surface area contributed by atoms with Crippen molar-refractivity contribution >= 4 is 0 Å². The van der Waals surface area contributed by atoms with Crippen LogP contribution in [0, 0.1) is 5.41 Å². The molecule has 0 aromatic rings. The minimum Gasteiger partial charge on any atom is -0.329 e. The Kier molecular flexibility index (Phi) is 1.58. The van der Waals surface area contributed by atoms with Gasteiger partial charge in [-0.25, -0.2) is 0 Å². The van der Waals surface area contributed by atoms with E-state index in [1.165, 1.54) is 51.6 Å². The zero-order valence-electron chi connectivity index (χ0n) is 8.39. The summed E-state index contributed by atoms with van der Waals surface area (Å²) in [4.78, 5) is 2.70. The maximum atomic E-state index is 5.85. The van der Waals surface area contributed by atoms with E-state index in [1.807, 2.05) is 0 Å². The van der Waals surface area contributed by atoms with E-state index in [0.29, 0.717) is 5.54 Å². The average molecular weight is 180 g/mol. The van der Waals surface area contributed by atoms with Crippen molar-refractivity contribution in [2.24, 2.45) is 11.1 Å². The van der Waals surface area contributed by atoms with Crippen molar-refractivity contribution in [1.82, 2.24) is 4.90 Å². The zero-order valence-corrected chi connectivity index (χ0v) is 8.39. The fourth-order valence-electron chi connectivity index (χ4n) is 3.22. The van der Waals surface area contributed by atoms with Gasteiger partial charge >= 0.3 is 0 Å². The van der Waals surface area contributed by atoms with Gasteiger partial charge in [-0.15, -0.1) is 0 Å². The Bertz CT molecular complexity index is 216. The first-order valence-electron chi connectivity index (χ1n) is 5.74. The van der Waals surface area contributed by atoms with Crippen molar-refractivity contribution in [1.29, 1.82) is 0 Å². The summed E-state index contributed by atoms with van der Waals surface area (Å²) in [5.41, 5.74) is 7.08. The second kappa shape index (κ2) is 2.48. The van der Waals surface area contributed by atoms with Crippen molar-refractivity contribution in [2.45, 2.75) is 44.1 Å². The molecule has 0 radical (unpaired) electrons. The third-order valence-corrected chi connectivity index (χ3v) is 4.73. The molecule has 2 saturated carbocycles. The Balaban J connectivity index is 1.69. The van der Waals surface area contributed by atoms with Gasteiger partial charge < -0.3 is 5.73 Å². The molecule has 1 heterocycles. The third-order valence-electron chi connectivity index (χ3n) is 4.73. The summed E-state index contributed by atoms with van der Waals surface area (Å²) in [5, 5.41) is 0. The van der Waals surface area contributed by atoms with E-state index in [4.69, 9.17) is 5.73 Å². The van der Waals surface area contributed by atoms with Crippen LogP contribution in [0.3, 0.4) is 0 Å². The van der Waals surface area contributed by atoms with Crippen LogP contribution in [0.5, 0.6) is 0 Å². The second-order valence-corrected chi connectivity index (χ2v) is 5.45. The van der Waals surface area contributed by atoms with E-state index in [9.17, 15) is 0 Å². The minimum atomic E-state index is 0.471. The first kappa shape index (κ1) is 8.25. The molecule has 1 saturated heterocycles. The maximum Gasteiger partial charge on any atom is 0.0333 e. The summed E-state index contributed by atoms with van der Waals surface area (Å²) < 4.78 is 0. The molecule has 13 heavy (non-hydrogen) atoms. The van der Waals surface area contributed by atoms with E-state index in [1.54, 1.807) is 0 Å². The predicted octanol–water partition coefficient (Wildman–Crippen LogP) is 1.35. The third kappa shape index (κ3) is 1.08. The predicted molar refractivity (Wildman–Crippen MR) is 53.5 cm³/mol. The summed E-state index contributed by atoms with van der Waals surface area (Å²) >= 11 is 0. The number of hydrogen-bond acceptors (Lipinski definition) is 2. The van der Waals surface area contributed by atoms with Gasteiger partial charge in [0, 0.05) is 18.6 Å². The lowest BCUT2D eigenvalue weighted by Crippen LogP contribution is -2.43. The molecule has 0 amide bonds. The van der Waals surface area contributed by atoms with Gasteiger partial charge in [-0.2, -0.15) is 0 Å². The number of nitrogens with zero attached hydrogens (tertiary/aromatic N) is 1. The first-order chi connectivity index (χ1) is 6.29. The molecule has 0 aromatic heterocycles. The summed E-state index contributed by atoms with van der Waals surface area (Å²) in [7, 11) is 0. The Morgan fingerprint density at radius 3 is 2.23 bits per heavy atom. The molecule has 0 atom stereocenters. The summed E-state index contributed by atoms with van der Waals surface area (Å²) in [6, 6.07) is 0. The molecule has 1 spiro atoms. The highest BCUT2D eigenvalue weighted by atomic mass is 15.3. The largest absolute Gasteiger partial charge is 0.329 e. The highest BCUT2D eigenvalue weighted by molar-refractivity contribution is 5.09. The summed E-state index contributed by atoms with van der Waals surface area (Å²) in [6.45, 7) is 3.59. The van der Waals surface area contributed by atoms with Crippen LogP contribution in [0.4, 0.5) is 0 Å². The van der Waals surface area contributed by atoms with Gasteiger partial charge in [0.2, 0.25) is 0 Å². The summed E-state index contributed by atoms with van der Waals surface area (Å²) in [5.74, 6) is 0. The topological polar surface area (TPSA) is 29.3 Å². The first-order valence-corrected chi connectivity index (χ1v) is 5.74. The van der Waals surface area contributed by atoms with E-state index in [2.05, 4.69) is 4.90 Å². The normalized spacial score (nSPS) is 34.8. The Morgan fingerprint density at radius 2 is 1.85 bits per heavy atom. The lowest BCUT2D eigenvalue weighted by atomic mass is 9.68. The fourth-order valence-corrected chi connectivity index (χ4v) is 3.22. The molecule has 1 aliphatic heterocycles. The van der Waals surface area contributed by atoms with E-state index in [-0.39, 0.29) is 0 Å². The van der Waals surface area contributed by atoms with Crippen LogP contribution in [-0.2, 0) is 0 Å².